The molecule has 0 saturated heterocycles. The second kappa shape index (κ2) is 6.37. The molecule has 2 aromatic rings. The summed E-state index contributed by atoms with van der Waals surface area (Å²) in [6.45, 7) is 1.72. The first kappa shape index (κ1) is 15.0. The maximum Gasteiger partial charge on any atom is 0.311 e. The molecule has 0 amide bonds. The standard InChI is InChI=1S/C12H13N5O3S/c1-7-4-3-5-8(17(18)19)11(7)20-10-6-9(16-13)14-12(15-10)21-2/h3-6H,13H2,1-2H3,(H,14,15,16). The highest BCUT2D eigenvalue weighted by Crippen LogP contribution is 2.34. The lowest BCUT2D eigenvalue weighted by Crippen LogP contribution is -2.09. The molecule has 0 spiro atoms. The smallest absolute Gasteiger partial charge is 0.311 e. The Morgan fingerprint density at radius 2 is 2.19 bits per heavy atom. The van der Waals surface area contributed by atoms with E-state index in [1.165, 1.54) is 23.9 Å². The van der Waals surface area contributed by atoms with Crippen LogP contribution in [0.25, 0.3) is 0 Å². The van der Waals surface area contributed by atoms with Crippen LogP contribution in [-0.2, 0) is 0 Å². The van der Waals surface area contributed by atoms with Gasteiger partial charge >= 0.3 is 5.69 Å². The minimum atomic E-state index is -0.499. The normalized spacial score (nSPS) is 10.2. The van der Waals surface area contributed by atoms with Crippen molar-refractivity contribution >= 4 is 23.3 Å². The molecule has 1 heterocycles. The van der Waals surface area contributed by atoms with E-state index in [1.807, 2.05) is 0 Å². The number of hydrogen-bond donors (Lipinski definition) is 2. The molecule has 0 aliphatic rings. The summed E-state index contributed by atoms with van der Waals surface area (Å²) >= 11 is 1.31. The van der Waals surface area contributed by atoms with Crippen LogP contribution in [0.3, 0.4) is 0 Å². The molecule has 0 aliphatic heterocycles. The van der Waals surface area contributed by atoms with E-state index in [2.05, 4.69) is 15.4 Å². The van der Waals surface area contributed by atoms with Crippen LogP contribution in [0.15, 0.2) is 29.4 Å². The lowest BCUT2D eigenvalue weighted by Gasteiger charge is -2.10. The molecular weight excluding hydrogens is 294 g/mol. The minimum Gasteiger partial charge on any atom is -0.431 e. The van der Waals surface area contributed by atoms with Gasteiger partial charge in [0, 0.05) is 12.1 Å². The highest BCUT2D eigenvalue weighted by atomic mass is 32.2. The molecule has 0 bridgehead atoms. The van der Waals surface area contributed by atoms with Crippen molar-refractivity contribution in [3.05, 3.63) is 39.9 Å². The number of nitro groups is 1. The number of thioether (sulfide) groups is 1. The number of hydrogen-bond acceptors (Lipinski definition) is 8. The quantitative estimate of drug-likeness (QED) is 0.284. The van der Waals surface area contributed by atoms with Crippen molar-refractivity contribution in [1.29, 1.82) is 0 Å². The number of benzene rings is 1. The van der Waals surface area contributed by atoms with Crippen molar-refractivity contribution in [2.75, 3.05) is 11.7 Å². The van der Waals surface area contributed by atoms with E-state index in [9.17, 15) is 10.1 Å². The lowest BCUT2D eigenvalue weighted by atomic mass is 10.2. The van der Waals surface area contributed by atoms with Crippen molar-refractivity contribution in [3.8, 4) is 11.6 Å². The van der Waals surface area contributed by atoms with Gasteiger partial charge in [0.1, 0.15) is 5.82 Å². The second-order valence-electron chi connectivity index (χ2n) is 4.00. The fraction of sp³-hybridized carbons (Fsp3) is 0.167. The number of nitrogens with one attached hydrogen (secondary N) is 1. The number of rotatable bonds is 5. The van der Waals surface area contributed by atoms with Crippen LogP contribution >= 0.6 is 11.8 Å². The number of nitro benzene ring substituents is 1. The molecule has 0 atom stereocenters. The van der Waals surface area contributed by atoms with E-state index in [0.29, 0.717) is 16.5 Å². The number of aromatic nitrogens is 2. The fourth-order valence-corrected chi connectivity index (χ4v) is 2.01. The van der Waals surface area contributed by atoms with Crippen LogP contribution in [0.1, 0.15) is 5.56 Å². The second-order valence-corrected chi connectivity index (χ2v) is 4.78. The molecule has 0 unspecified atom stereocenters. The van der Waals surface area contributed by atoms with Gasteiger partial charge < -0.3 is 10.2 Å². The van der Waals surface area contributed by atoms with Crippen molar-refractivity contribution in [2.45, 2.75) is 12.1 Å². The predicted octanol–water partition coefficient (Wildman–Crippen LogP) is 2.49. The number of nitrogens with zero attached hydrogens (tertiary/aromatic N) is 3. The zero-order chi connectivity index (χ0) is 15.4. The van der Waals surface area contributed by atoms with Crippen molar-refractivity contribution in [2.24, 2.45) is 5.84 Å². The van der Waals surface area contributed by atoms with Crippen molar-refractivity contribution in [1.82, 2.24) is 9.97 Å². The zero-order valence-electron chi connectivity index (χ0n) is 11.4. The van der Waals surface area contributed by atoms with Crippen molar-refractivity contribution < 1.29 is 9.66 Å². The molecule has 8 nitrogen and oxygen atoms in total. The minimum absolute atomic E-state index is 0.124. The van der Waals surface area contributed by atoms with Gasteiger partial charge in [-0.05, 0) is 18.7 Å². The summed E-state index contributed by atoms with van der Waals surface area (Å²) in [4.78, 5) is 18.8. The number of ether oxygens (including phenoxy) is 1. The third-order valence-electron chi connectivity index (χ3n) is 2.61. The van der Waals surface area contributed by atoms with Gasteiger partial charge in [0.15, 0.2) is 5.16 Å². The first-order valence-electron chi connectivity index (χ1n) is 5.86. The number of para-hydroxylation sites is 1. The Hall–Kier alpha value is -2.39. The monoisotopic (exact) mass is 307 g/mol. The molecule has 3 N–H and O–H groups in total. The average molecular weight is 307 g/mol. The topological polar surface area (TPSA) is 116 Å². The summed E-state index contributed by atoms with van der Waals surface area (Å²) in [5, 5.41) is 11.5. The Bertz CT molecular complexity index is 658. The molecule has 2 rings (SSSR count). The van der Waals surface area contributed by atoms with E-state index in [4.69, 9.17) is 10.6 Å². The van der Waals surface area contributed by atoms with Gasteiger partial charge in [-0.25, -0.2) is 10.8 Å². The zero-order valence-corrected chi connectivity index (χ0v) is 12.2. The van der Waals surface area contributed by atoms with Gasteiger partial charge in [-0.3, -0.25) is 10.1 Å². The third-order valence-corrected chi connectivity index (χ3v) is 3.15. The van der Waals surface area contributed by atoms with Crippen LogP contribution in [0.5, 0.6) is 11.6 Å². The lowest BCUT2D eigenvalue weighted by molar-refractivity contribution is -0.385. The number of hydrazine groups is 1. The van der Waals surface area contributed by atoms with Crippen LogP contribution in [0, 0.1) is 17.0 Å². The van der Waals surface area contributed by atoms with Crippen LogP contribution < -0.4 is 16.0 Å². The molecule has 0 fully saturated rings. The van der Waals surface area contributed by atoms with E-state index in [-0.39, 0.29) is 17.3 Å². The molecule has 21 heavy (non-hydrogen) atoms. The summed E-state index contributed by atoms with van der Waals surface area (Å²) < 4.78 is 5.58. The number of nitrogen functional groups attached to an aromatic ring is 1. The van der Waals surface area contributed by atoms with Gasteiger partial charge in [-0.2, -0.15) is 4.98 Å². The number of aryl methyl sites for hydroxylation is 1. The Kier molecular flexibility index (Phi) is 4.55. The highest BCUT2D eigenvalue weighted by Gasteiger charge is 2.19. The number of anilines is 1. The first-order valence-corrected chi connectivity index (χ1v) is 7.09. The largest absolute Gasteiger partial charge is 0.431 e. The highest BCUT2D eigenvalue weighted by molar-refractivity contribution is 7.98. The maximum absolute atomic E-state index is 11.1. The van der Waals surface area contributed by atoms with E-state index in [0.717, 1.165) is 0 Å². The number of nitrogens with two attached hydrogens (primary N) is 1. The summed E-state index contributed by atoms with van der Waals surface area (Å²) in [5.41, 5.74) is 2.91. The molecule has 0 radical (unpaired) electrons. The van der Waals surface area contributed by atoms with E-state index in [1.54, 1.807) is 25.3 Å². The Labute approximate surface area is 124 Å². The SMILES string of the molecule is CSc1nc(NN)cc(Oc2c(C)cccc2[N+](=O)[O-])n1. The summed E-state index contributed by atoms with van der Waals surface area (Å²) in [7, 11) is 0. The van der Waals surface area contributed by atoms with Crippen LogP contribution in [0.2, 0.25) is 0 Å². The maximum atomic E-state index is 11.1. The molecule has 9 heteroatoms. The molecular formula is C12H13N5O3S. The molecule has 1 aromatic heterocycles. The van der Waals surface area contributed by atoms with Gasteiger partial charge in [-0.15, -0.1) is 0 Å². The van der Waals surface area contributed by atoms with Crippen LogP contribution in [0.4, 0.5) is 11.5 Å². The molecule has 0 saturated carbocycles. The first-order chi connectivity index (χ1) is 10.0. The van der Waals surface area contributed by atoms with Gasteiger partial charge in [0.25, 0.3) is 0 Å². The third kappa shape index (κ3) is 3.38. The van der Waals surface area contributed by atoms with E-state index >= 15 is 0 Å². The van der Waals surface area contributed by atoms with Gasteiger partial charge in [0.2, 0.25) is 11.6 Å². The van der Waals surface area contributed by atoms with Gasteiger partial charge in [0.05, 0.1) is 4.92 Å². The molecule has 0 aliphatic carbocycles. The molecule has 110 valence electrons. The van der Waals surface area contributed by atoms with Gasteiger partial charge in [-0.1, -0.05) is 23.9 Å². The predicted molar refractivity (Wildman–Crippen MR) is 79.5 cm³/mol. The molecule has 1 aromatic carbocycles. The summed E-state index contributed by atoms with van der Waals surface area (Å²) in [6.07, 6.45) is 1.80. The van der Waals surface area contributed by atoms with E-state index < -0.39 is 4.92 Å². The summed E-state index contributed by atoms with van der Waals surface area (Å²) in [6, 6.07) is 6.17. The Morgan fingerprint density at radius 1 is 1.43 bits per heavy atom. The van der Waals surface area contributed by atoms with Crippen molar-refractivity contribution in [3.63, 3.8) is 0 Å². The Balaban J connectivity index is 2.45. The summed E-state index contributed by atoms with van der Waals surface area (Å²) in [5.74, 6) is 6.02. The fourth-order valence-electron chi connectivity index (χ4n) is 1.64. The van der Waals surface area contributed by atoms with Crippen LogP contribution in [-0.4, -0.2) is 21.1 Å². The Morgan fingerprint density at radius 3 is 2.81 bits per heavy atom. The average Bonchev–Trinajstić information content (AvgIpc) is 2.48.